The van der Waals surface area contributed by atoms with Crippen LogP contribution in [0.25, 0.3) is 0 Å². The van der Waals surface area contributed by atoms with Crippen molar-refractivity contribution in [2.45, 2.75) is 19.4 Å². The summed E-state index contributed by atoms with van der Waals surface area (Å²) in [5.74, 6) is -0.469. The summed E-state index contributed by atoms with van der Waals surface area (Å²) in [6, 6.07) is 9.26. The third-order valence-electron chi connectivity index (χ3n) is 4.10. The van der Waals surface area contributed by atoms with Crippen LogP contribution in [0.15, 0.2) is 30.3 Å². The molecular weight excluding hydrogens is 294 g/mol. The molecular formula is C17H23N3O3. The lowest BCUT2D eigenvalue weighted by atomic mass is 10.1. The van der Waals surface area contributed by atoms with Gasteiger partial charge < -0.3 is 14.7 Å². The third kappa shape index (κ3) is 4.09. The summed E-state index contributed by atoms with van der Waals surface area (Å²) in [6.45, 7) is 2.17. The van der Waals surface area contributed by atoms with Crippen molar-refractivity contribution in [1.29, 1.82) is 0 Å². The molecule has 1 fully saturated rings. The standard InChI is InChI=1S/C17H23N3O3/c1-13-17(23)19(10-9-14-7-5-4-6-8-14)11-16(22)20(13)12-15(21)18(2)3/h4-8,13H,9-12H2,1-3H3/t13-/m0/s1. The Morgan fingerprint density at radius 1 is 1.22 bits per heavy atom. The predicted molar refractivity (Wildman–Crippen MR) is 86.6 cm³/mol. The molecule has 0 saturated carbocycles. The maximum absolute atomic E-state index is 12.5. The molecule has 1 aromatic carbocycles. The largest absolute Gasteiger partial charge is 0.347 e. The number of carbonyl (C=O) groups is 3. The van der Waals surface area contributed by atoms with Crippen molar-refractivity contribution in [1.82, 2.24) is 14.7 Å². The van der Waals surface area contributed by atoms with Crippen LogP contribution in [-0.4, -0.2) is 72.2 Å². The van der Waals surface area contributed by atoms with E-state index < -0.39 is 6.04 Å². The minimum atomic E-state index is -0.601. The average molecular weight is 317 g/mol. The van der Waals surface area contributed by atoms with E-state index in [1.165, 1.54) is 9.80 Å². The minimum Gasteiger partial charge on any atom is -0.347 e. The Kier molecular flexibility index (Phi) is 5.36. The predicted octanol–water partition coefficient (Wildman–Crippen LogP) is 0.377. The monoisotopic (exact) mass is 317 g/mol. The average Bonchev–Trinajstić information content (AvgIpc) is 2.54. The zero-order valence-electron chi connectivity index (χ0n) is 13.9. The number of amides is 3. The van der Waals surface area contributed by atoms with Gasteiger partial charge in [0.1, 0.15) is 12.6 Å². The Bertz CT molecular complexity index is 586. The molecule has 0 N–H and O–H groups in total. The van der Waals surface area contributed by atoms with Crippen molar-refractivity contribution in [3.05, 3.63) is 35.9 Å². The highest BCUT2D eigenvalue weighted by Gasteiger charge is 2.37. The van der Waals surface area contributed by atoms with Crippen LogP contribution in [0.5, 0.6) is 0 Å². The highest BCUT2D eigenvalue weighted by molar-refractivity contribution is 5.96. The molecule has 6 heteroatoms. The van der Waals surface area contributed by atoms with Crippen molar-refractivity contribution in [3.8, 4) is 0 Å². The van der Waals surface area contributed by atoms with Crippen LogP contribution in [0, 0.1) is 0 Å². The molecule has 0 spiro atoms. The van der Waals surface area contributed by atoms with Gasteiger partial charge in [0.05, 0.1) is 6.54 Å². The summed E-state index contributed by atoms with van der Waals surface area (Å²) < 4.78 is 0. The van der Waals surface area contributed by atoms with Crippen molar-refractivity contribution in [2.24, 2.45) is 0 Å². The van der Waals surface area contributed by atoms with Gasteiger partial charge in [-0.3, -0.25) is 14.4 Å². The number of hydrogen-bond acceptors (Lipinski definition) is 3. The summed E-state index contributed by atoms with van der Waals surface area (Å²) in [5.41, 5.74) is 1.13. The minimum absolute atomic E-state index is 0.0384. The molecule has 2 rings (SSSR count). The van der Waals surface area contributed by atoms with Crippen molar-refractivity contribution in [2.75, 3.05) is 33.7 Å². The van der Waals surface area contributed by atoms with Crippen molar-refractivity contribution < 1.29 is 14.4 Å². The fourth-order valence-electron chi connectivity index (χ4n) is 2.56. The Labute approximate surface area is 136 Å². The number of rotatable bonds is 5. The highest BCUT2D eigenvalue weighted by Crippen LogP contribution is 2.13. The highest BCUT2D eigenvalue weighted by atomic mass is 16.2. The number of nitrogens with zero attached hydrogens (tertiary/aromatic N) is 3. The Balaban J connectivity index is 1.98. The molecule has 1 atom stereocenters. The van der Waals surface area contributed by atoms with E-state index in [-0.39, 0.29) is 30.8 Å². The van der Waals surface area contributed by atoms with Crippen LogP contribution in [0.2, 0.25) is 0 Å². The SMILES string of the molecule is C[C@H]1C(=O)N(CCc2ccccc2)CC(=O)N1CC(=O)N(C)C. The fourth-order valence-corrected chi connectivity index (χ4v) is 2.56. The molecule has 23 heavy (non-hydrogen) atoms. The first-order valence-corrected chi connectivity index (χ1v) is 7.72. The van der Waals surface area contributed by atoms with E-state index in [0.717, 1.165) is 5.56 Å². The van der Waals surface area contributed by atoms with Gasteiger partial charge in [0.15, 0.2) is 0 Å². The second-order valence-corrected chi connectivity index (χ2v) is 5.98. The molecule has 1 aliphatic rings. The van der Waals surface area contributed by atoms with Gasteiger partial charge in [-0.15, -0.1) is 0 Å². The van der Waals surface area contributed by atoms with Crippen LogP contribution >= 0.6 is 0 Å². The van der Waals surface area contributed by atoms with Crippen LogP contribution in [0.4, 0.5) is 0 Å². The summed E-state index contributed by atoms with van der Waals surface area (Å²) in [6.07, 6.45) is 0.712. The lowest BCUT2D eigenvalue weighted by Crippen LogP contribution is -2.60. The van der Waals surface area contributed by atoms with Gasteiger partial charge in [0.2, 0.25) is 17.7 Å². The quantitative estimate of drug-likeness (QED) is 0.789. The number of likely N-dealkylation sites (N-methyl/N-ethyl adjacent to an activating group) is 1. The van der Waals surface area contributed by atoms with E-state index in [2.05, 4.69) is 0 Å². The van der Waals surface area contributed by atoms with Gasteiger partial charge in [-0.05, 0) is 18.9 Å². The number of piperazine rings is 1. The first-order chi connectivity index (χ1) is 10.9. The molecule has 3 amide bonds. The van der Waals surface area contributed by atoms with E-state index in [9.17, 15) is 14.4 Å². The Morgan fingerprint density at radius 2 is 1.87 bits per heavy atom. The number of hydrogen-bond donors (Lipinski definition) is 0. The number of carbonyl (C=O) groups excluding carboxylic acids is 3. The second-order valence-electron chi connectivity index (χ2n) is 5.98. The zero-order chi connectivity index (χ0) is 17.0. The number of benzene rings is 1. The molecule has 1 heterocycles. The first kappa shape index (κ1) is 17.0. The topological polar surface area (TPSA) is 60.9 Å². The lowest BCUT2D eigenvalue weighted by molar-refractivity contribution is -0.157. The summed E-state index contributed by atoms with van der Waals surface area (Å²) in [7, 11) is 3.27. The van der Waals surface area contributed by atoms with E-state index >= 15 is 0 Å². The van der Waals surface area contributed by atoms with Crippen molar-refractivity contribution >= 4 is 17.7 Å². The van der Waals surface area contributed by atoms with E-state index in [4.69, 9.17) is 0 Å². The van der Waals surface area contributed by atoms with Crippen molar-refractivity contribution in [3.63, 3.8) is 0 Å². The van der Waals surface area contributed by atoms with Gasteiger partial charge in [0.25, 0.3) is 0 Å². The van der Waals surface area contributed by atoms with Crippen LogP contribution in [0.3, 0.4) is 0 Å². The van der Waals surface area contributed by atoms with E-state index in [1.807, 2.05) is 30.3 Å². The molecule has 6 nitrogen and oxygen atoms in total. The third-order valence-corrected chi connectivity index (χ3v) is 4.10. The second kappa shape index (κ2) is 7.26. The van der Waals surface area contributed by atoms with Crippen LogP contribution < -0.4 is 0 Å². The molecule has 1 aliphatic heterocycles. The lowest BCUT2D eigenvalue weighted by Gasteiger charge is -2.38. The fraction of sp³-hybridized carbons (Fsp3) is 0.471. The summed E-state index contributed by atoms with van der Waals surface area (Å²) >= 11 is 0. The normalized spacial score (nSPS) is 18.3. The molecule has 0 unspecified atom stereocenters. The molecule has 0 aromatic heterocycles. The maximum atomic E-state index is 12.5. The smallest absolute Gasteiger partial charge is 0.245 e. The summed E-state index contributed by atoms with van der Waals surface area (Å²) in [5, 5.41) is 0. The van der Waals surface area contributed by atoms with Crippen LogP contribution in [0.1, 0.15) is 12.5 Å². The summed E-state index contributed by atoms with van der Waals surface area (Å²) in [4.78, 5) is 40.9. The molecule has 0 bridgehead atoms. The van der Waals surface area contributed by atoms with Gasteiger partial charge in [-0.1, -0.05) is 30.3 Å². The zero-order valence-corrected chi connectivity index (χ0v) is 13.9. The molecule has 124 valence electrons. The van der Waals surface area contributed by atoms with Gasteiger partial charge in [0, 0.05) is 20.6 Å². The van der Waals surface area contributed by atoms with Gasteiger partial charge in [-0.2, -0.15) is 0 Å². The van der Waals surface area contributed by atoms with Gasteiger partial charge in [-0.25, -0.2) is 0 Å². The molecule has 0 radical (unpaired) electrons. The van der Waals surface area contributed by atoms with E-state index in [1.54, 1.807) is 25.9 Å². The Morgan fingerprint density at radius 3 is 2.48 bits per heavy atom. The molecule has 0 aliphatic carbocycles. The first-order valence-electron chi connectivity index (χ1n) is 7.72. The van der Waals surface area contributed by atoms with E-state index in [0.29, 0.717) is 13.0 Å². The Hall–Kier alpha value is -2.37. The molecule has 1 saturated heterocycles. The molecule has 1 aromatic rings. The van der Waals surface area contributed by atoms with Gasteiger partial charge >= 0.3 is 0 Å². The van der Waals surface area contributed by atoms with Crippen LogP contribution in [-0.2, 0) is 20.8 Å². The maximum Gasteiger partial charge on any atom is 0.245 e.